The summed E-state index contributed by atoms with van der Waals surface area (Å²) in [4.78, 5) is 12.3. The first-order valence-corrected chi connectivity index (χ1v) is 8.39. The molecule has 23 heavy (non-hydrogen) atoms. The van der Waals surface area contributed by atoms with Crippen molar-refractivity contribution in [2.45, 2.75) is 25.7 Å². The zero-order valence-electron chi connectivity index (χ0n) is 13.2. The van der Waals surface area contributed by atoms with Crippen LogP contribution in [0.4, 0.5) is 5.69 Å². The average molecular weight is 329 g/mol. The molecule has 0 bridgehead atoms. The summed E-state index contributed by atoms with van der Waals surface area (Å²) in [6.45, 7) is 4.10. The van der Waals surface area contributed by atoms with E-state index in [-0.39, 0.29) is 5.91 Å². The molecule has 1 aliphatic heterocycles. The number of benzene rings is 2. The Morgan fingerprint density at radius 3 is 2.65 bits per heavy atom. The van der Waals surface area contributed by atoms with Crippen molar-refractivity contribution in [2.75, 3.05) is 18.4 Å². The molecule has 1 heterocycles. The molecule has 0 aromatic heterocycles. The Hall–Kier alpha value is -1.84. The smallest absolute Gasteiger partial charge is 0.257 e. The summed E-state index contributed by atoms with van der Waals surface area (Å²) in [5.74, 6) is 0.391. The highest BCUT2D eigenvalue weighted by Crippen LogP contribution is 2.25. The highest BCUT2D eigenvalue weighted by molar-refractivity contribution is 6.34. The number of rotatable bonds is 3. The molecule has 1 amide bonds. The van der Waals surface area contributed by atoms with Gasteiger partial charge in [-0.25, -0.2) is 0 Å². The van der Waals surface area contributed by atoms with Gasteiger partial charge in [0.05, 0.1) is 10.6 Å². The Bertz CT molecular complexity index is 691. The van der Waals surface area contributed by atoms with Gasteiger partial charge in [0, 0.05) is 12.2 Å². The van der Waals surface area contributed by atoms with Crippen LogP contribution in [0.3, 0.4) is 0 Å². The molecule has 1 saturated heterocycles. The van der Waals surface area contributed by atoms with Crippen LogP contribution < -0.4 is 10.6 Å². The normalized spacial score (nSPS) is 17.7. The maximum atomic E-state index is 12.3. The van der Waals surface area contributed by atoms with E-state index in [1.54, 1.807) is 12.1 Å². The van der Waals surface area contributed by atoms with Crippen molar-refractivity contribution in [1.29, 1.82) is 0 Å². The van der Waals surface area contributed by atoms with E-state index in [4.69, 9.17) is 11.6 Å². The van der Waals surface area contributed by atoms with Gasteiger partial charge in [-0.2, -0.15) is 0 Å². The second-order valence-electron chi connectivity index (χ2n) is 6.10. The van der Waals surface area contributed by atoms with Crippen molar-refractivity contribution < 1.29 is 4.79 Å². The molecular weight excluding hydrogens is 308 g/mol. The number of amides is 1. The molecule has 4 heteroatoms. The van der Waals surface area contributed by atoms with Crippen molar-refractivity contribution in [3.05, 3.63) is 64.2 Å². The first kappa shape index (κ1) is 16.0. The molecule has 1 atom stereocenters. The number of piperidine rings is 1. The van der Waals surface area contributed by atoms with Gasteiger partial charge in [0.1, 0.15) is 0 Å². The number of carbonyl (C=O) groups is 1. The minimum atomic E-state index is -0.179. The summed E-state index contributed by atoms with van der Waals surface area (Å²) in [6.07, 6.45) is 2.44. The van der Waals surface area contributed by atoms with E-state index in [9.17, 15) is 4.79 Å². The molecule has 2 aromatic rings. The summed E-state index contributed by atoms with van der Waals surface area (Å²) in [6, 6.07) is 13.6. The fraction of sp³-hybridized carbons (Fsp3) is 0.316. The molecule has 0 radical (unpaired) electrons. The SMILES string of the molecule is Cc1ccc(C(=O)Nc2ccc(C3CCCNC3)cc2)c(Cl)c1. The van der Waals surface area contributed by atoms with E-state index in [2.05, 4.69) is 22.8 Å². The van der Waals surface area contributed by atoms with Gasteiger partial charge in [0.2, 0.25) is 0 Å². The van der Waals surface area contributed by atoms with Gasteiger partial charge in [0.15, 0.2) is 0 Å². The van der Waals surface area contributed by atoms with Crippen LogP contribution >= 0.6 is 11.6 Å². The van der Waals surface area contributed by atoms with Crippen molar-refractivity contribution in [3.8, 4) is 0 Å². The lowest BCUT2D eigenvalue weighted by atomic mass is 9.91. The molecule has 3 nitrogen and oxygen atoms in total. The topological polar surface area (TPSA) is 41.1 Å². The fourth-order valence-corrected chi connectivity index (χ4v) is 3.30. The third kappa shape index (κ3) is 3.92. The summed E-state index contributed by atoms with van der Waals surface area (Å²) in [5.41, 5.74) is 3.65. The maximum absolute atomic E-state index is 12.3. The largest absolute Gasteiger partial charge is 0.322 e. The molecule has 0 spiro atoms. The van der Waals surface area contributed by atoms with Gasteiger partial charge in [0.25, 0.3) is 5.91 Å². The number of aryl methyl sites for hydroxylation is 1. The summed E-state index contributed by atoms with van der Waals surface area (Å²) < 4.78 is 0. The third-order valence-electron chi connectivity index (χ3n) is 4.31. The van der Waals surface area contributed by atoms with Crippen LogP contribution in [0.15, 0.2) is 42.5 Å². The predicted molar refractivity (Wildman–Crippen MR) is 95.4 cm³/mol. The fourth-order valence-electron chi connectivity index (χ4n) is 2.98. The quantitative estimate of drug-likeness (QED) is 0.878. The van der Waals surface area contributed by atoms with Gasteiger partial charge < -0.3 is 10.6 Å². The highest BCUT2D eigenvalue weighted by Gasteiger charge is 2.15. The molecule has 1 fully saturated rings. The monoisotopic (exact) mass is 328 g/mol. The van der Waals surface area contributed by atoms with Crippen molar-refractivity contribution in [3.63, 3.8) is 0 Å². The van der Waals surface area contributed by atoms with Crippen LogP contribution in [0.1, 0.15) is 40.2 Å². The summed E-state index contributed by atoms with van der Waals surface area (Å²) in [5, 5.41) is 6.82. The number of hydrogen-bond acceptors (Lipinski definition) is 2. The van der Waals surface area contributed by atoms with Gasteiger partial charge >= 0.3 is 0 Å². The lowest BCUT2D eigenvalue weighted by molar-refractivity contribution is 0.102. The number of anilines is 1. The molecule has 120 valence electrons. The maximum Gasteiger partial charge on any atom is 0.257 e. The lowest BCUT2D eigenvalue weighted by Crippen LogP contribution is -2.28. The Morgan fingerprint density at radius 1 is 1.22 bits per heavy atom. The van der Waals surface area contributed by atoms with Crippen LogP contribution in [-0.2, 0) is 0 Å². The predicted octanol–water partition coefficient (Wildman–Crippen LogP) is 4.37. The van der Waals surface area contributed by atoms with E-state index in [1.165, 1.54) is 18.4 Å². The van der Waals surface area contributed by atoms with E-state index >= 15 is 0 Å². The molecule has 0 aliphatic carbocycles. The average Bonchev–Trinajstić information content (AvgIpc) is 2.56. The Labute approximate surface area is 142 Å². The standard InChI is InChI=1S/C19H21ClN2O/c1-13-4-9-17(18(20)11-13)19(23)22-16-7-5-14(6-8-16)15-3-2-10-21-12-15/h4-9,11,15,21H,2-3,10,12H2,1H3,(H,22,23). The molecule has 2 aromatic carbocycles. The third-order valence-corrected chi connectivity index (χ3v) is 4.62. The number of carbonyl (C=O) groups excluding carboxylic acids is 1. The molecule has 1 unspecified atom stereocenters. The Kier molecular flexibility index (Phi) is 4.99. The Balaban J connectivity index is 1.69. The van der Waals surface area contributed by atoms with Crippen molar-refractivity contribution in [1.82, 2.24) is 5.32 Å². The molecular formula is C19H21ClN2O. The molecule has 0 saturated carbocycles. The second-order valence-corrected chi connectivity index (χ2v) is 6.51. The molecule has 1 aliphatic rings. The number of nitrogens with one attached hydrogen (secondary N) is 2. The summed E-state index contributed by atoms with van der Waals surface area (Å²) >= 11 is 6.15. The first-order valence-electron chi connectivity index (χ1n) is 8.01. The second kappa shape index (κ2) is 7.16. The lowest BCUT2D eigenvalue weighted by Gasteiger charge is -2.23. The van der Waals surface area contributed by atoms with Gasteiger partial charge in [-0.3, -0.25) is 4.79 Å². The number of halogens is 1. The van der Waals surface area contributed by atoms with Gasteiger partial charge in [-0.15, -0.1) is 0 Å². The van der Waals surface area contributed by atoms with E-state index in [1.807, 2.05) is 25.1 Å². The summed E-state index contributed by atoms with van der Waals surface area (Å²) in [7, 11) is 0. The van der Waals surface area contributed by atoms with Crippen molar-refractivity contribution in [2.24, 2.45) is 0 Å². The van der Waals surface area contributed by atoms with Crippen molar-refractivity contribution >= 4 is 23.2 Å². The van der Waals surface area contributed by atoms with Gasteiger partial charge in [-0.05, 0) is 67.6 Å². The first-order chi connectivity index (χ1) is 11.1. The van der Waals surface area contributed by atoms with E-state index in [0.717, 1.165) is 24.3 Å². The van der Waals surface area contributed by atoms with Crippen LogP contribution in [0.2, 0.25) is 5.02 Å². The van der Waals surface area contributed by atoms with Crippen LogP contribution in [0.5, 0.6) is 0 Å². The number of hydrogen-bond donors (Lipinski definition) is 2. The van der Waals surface area contributed by atoms with E-state index < -0.39 is 0 Å². The van der Waals surface area contributed by atoms with E-state index in [0.29, 0.717) is 16.5 Å². The molecule has 3 rings (SSSR count). The Morgan fingerprint density at radius 2 is 2.00 bits per heavy atom. The highest BCUT2D eigenvalue weighted by atomic mass is 35.5. The molecule has 2 N–H and O–H groups in total. The zero-order chi connectivity index (χ0) is 16.2. The van der Waals surface area contributed by atoms with Crippen LogP contribution in [-0.4, -0.2) is 19.0 Å². The van der Waals surface area contributed by atoms with Crippen LogP contribution in [0.25, 0.3) is 0 Å². The van der Waals surface area contributed by atoms with Gasteiger partial charge in [-0.1, -0.05) is 29.8 Å². The zero-order valence-corrected chi connectivity index (χ0v) is 14.0. The minimum Gasteiger partial charge on any atom is -0.322 e. The van der Waals surface area contributed by atoms with Crippen LogP contribution in [0, 0.1) is 6.92 Å². The minimum absolute atomic E-state index is 0.179.